The molecule has 3 rings (SSSR count). The molecule has 1 aromatic carbocycles. The number of hydrogen-bond acceptors (Lipinski definition) is 2. The summed E-state index contributed by atoms with van der Waals surface area (Å²) < 4.78 is 53.5. The van der Waals surface area contributed by atoms with Crippen LogP contribution in [0.1, 0.15) is 53.4 Å². The average Bonchev–Trinajstić information content (AvgIpc) is 3.33. The minimum absolute atomic E-state index is 0.0394. The van der Waals surface area contributed by atoms with Gasteiger partial charge in [-0.1, -0.05) is 13.0 Å². The van der Waals surface area contributed by atoms with E-state index in [1.165, 1.54) is 17.0 Å². The predicted molar refractivity (Wildman–Crippen MR) is 82.2 cm³/mol. The summed E-state index contributed by atoms with van der Waals surface area (Å²) >= 11 is 0. The van der Waals surface area contributed by atoms with Crippen LogP contribution in [0.25, 0.3) is 0 Å². The van der Waals surface area contributed by atoms with Crippen molar-refractivity contribution in [3.05, 3.63) is 52.3 Å². The molecule has 4 nitrogen and oxygen atoms in total. The number of rotatable bonds is 6. The topological polar surface area (TPSA) is 49.0 Å². The van der Waals surface area contributed by atoms with Crippen LogP contribution >= 0.6 is 0 Å². The average molecular weight is 355 g/mol. The van der Waals surface area contributed by atoms with Crippen molar-refractivity contribution in [2.24, 2.45) is 0 Å². The Bertz CT molecular complexity index is 786. The van der Waals surface area contributed by atoms with Crippen LogP contribution in [0.2, 0.25) is 0 Å². The molecule has 2 aromatic rings. The summed E-state index contributed by atoms with van der Waals surface area (Å²) in [4.78, 5) is 14.0. The molecule has 1 aliphatic rings. The number of benzene rings is 1. The van der Waals surface area contributed by atoms with E-state index >= 15 is 0 Å². The van der Waals surface area contributed by atoms with Gasteiger partial charge in [-0.2, -0.15) is 4.39 Å². The Morgan fingerprint density at radius 3 is 2.64 bits per heavy atom. The largest absolute Gasteiger partial charge is 0.331 e. The first-order chi connectivity index (χ1) is 11.9. The van der Waals surface area contributed by atoms with Crippen LogP contribution in [0.4, 0.5) is 17.6 Å². The van der Waals surface area contributed by atoms with Crippen LogP contribution in [0.3, 0.4) is 0 Å². The monoisotopic (exact) mass is 355 g/mol. The van der Waals surface area contributed by atoms with Crippen LogP contribution < -0.4 is 0 Å². The third-order valence-electron chi connectivity index (χ3n) is 4.32. The maximum Gasteiger partial charge on any atom is 0.280 e. The van der Waals surface area contributed by atoms with Crippen molar-refractivity contribution < 1.29 is 22.4 Å². The number of amides is 1. The molecule has 0 saturated heterocycles. The molecule has 0 radical (unpaired) electrons. The third kappa shape index (κ3) is 3.52. The number of nitrogens with zero attached hydrogens (tertiary/aromatic N) is 2. The third-order valence-corrected chi connectivity index (χ3v) is 4.32. The van der Waals surface area contributed by atoms with Gasteiger partial charge in [0.2, 0.25) is 5.95 Å². The van der Waals surface area contributed by atoms with Crippen molar-refractivity contribution in [2.45, 2.75) is 45.2 Å². The van der Waals surface area contributed by atoms with Crippen molar-refractivity contribution >= 4 is 5.91 Å². The molecule has 1 saturated carbocycles. The number of aryl methyl sites for hydroxylation is 1. The van der Waals surface area contributed by atoms with Crippen LogP contribution in [-0.2, 0) is 13.0 Å². The second kappa shape index (κ2) is 6.85. The van der Waals surface area contributed by atoms with Gasteiger partial charge >= 0.3 is 0 Å². The Labute approximate surface area is 141 Å². The smallest absolute Gasteiger partial charge is 0.280 e. The summed E-state index contributed by atoms with van der Waals surface area (Å²) in [6, 6.07) is 4.11. The number of halogens is 4. The first kappa shape index (κ1) is 17.4. The van der Waals surface area contributed by atoms with E-state index in [0.29, 0.717) is 24.8 Å². The lowest BCUT2D eigenvalue weighted by Gasteiger charge is -2.24. The number of carbonyl (C=O) groups excluding carboxylic acids is 1. The van der Waals surface area contributed by atoms with Crippen LogP contribution in [0.15, 0.2) is 18.2 Å². The second-order valence-corrected chi connectivity index (χ2v) is 6.03. The van der Waals surface area contributed by atoms with Crippen LogP contribution in [-0.4, -0.2) is 27.0 Å². The SMILES string of the molecule is CCc1ccc(F)cc1CN(C(=O)c1c(F)n[nH]c1C(F)F)C1CC1. The molecule has 0 bridgehead atoms. The zero-order chi connectivity index (χ0) is 18.1. The molecule has 1 heterocycles. The van der Waals surface area contributed by atoms with Crippen molar-refractivity contribution in [1.29, 1.82) is 0 Å². The molecule has 0 aliphatic heterocycles. The minimum Gasteiger partial charge on any atom is -0.331 e. The highest BCUT2D eigenvalue weighted by Crippen LogP contribution is 2.33. The lowest BCUT2D eigenvalue weighted by Crippen LogP contribution is -2.34. The molecular formula is C17H17F4N3O. The predicted octanol–water partition coefficient (Wildman–Crippen LogP) is 3.99. The van der Waals surface area contributed by atoms with E-state index in [9.17, 15) is 22.4 Å². The number of carbonyl (C=O) groups is 1. The van der Waals surface area contributed by atoms with E-state index in [0.717, 1.165) is 5.56 Å². The molecule has 1 aromatic heterocycles. The molecule has 1 aliphatic carbocycles. The van der Waals surface area contributed by atoms with Crippen molar-refractivity contribution in [1.82, 2.24) is 15.1 Å². The van der Waals surface area contributed by atoms with Gasteiger partial charge in [0.25, 0.3) is 12.3 Å². The molecule has 0 spiro atoms. The van der Waals surface area contributed by atoms with Crippen molar-refractivity contribution in [2.75, 3.05) is 0 Å². The fourth-order valence-corrected chi connectivity index (χ4v) is 2.86. The van der Waals surface area contributed by atoms with E-state index < -0.39 is 35.4 Å². The van der Waals surface area contributed by atoms with Gasteiger partial charge in [-0.05, 0) is 42.5 Å². The first-order valence-electron chi connectivity index (χ1n) is 8.02. The van der Waals surface area contributed by atoms with Gasteiger partial charge in [-0.25, -0.2) is 13.2 Å². The summed E-state index contributed by atoms with van der Waals surface area (Å²) in [5.74, 6) is -2.55. The van der Waals surface area contributed by atoms with Gasteiger partial charge in [-0.3, -0.25) is 9.89 Å². The summed E-state index contributed by atoms with van der Waals surface area (Å²) in [5, 5.41) is 4.98. The van der Waals surface area contributed by atoms with Gasteiger partial charge < -0.3 is 4.90 Å². The molecule has 1 fully saturated rings. The molecule has 1 amide bonds. The molecule has 134 valence electrons. The Hall–Kier alpha value is -2.38. The van der Waals surface area contributed by atoms with Crippen molar-refractivity contribution in [3.8, 4) is 0 Å². The molecule has 0 unspecified atom stereocenters. The lowest BCUT2D eigenvalue weighted by molar-refractivity contribution is 0.0712. The van der Waals surface area contributed by atoms with E-state index in [2.05, 4.69) is 5.10 Å². The molecule has 25 heavy (non-hydrogen) atoms. The molecule has 8 heteroatoms. The Kier molecular flexibility index (Phi) is 4.78. The number of nitrogens with one attached hydrogen (secondary N) is 1. The summed E-state index contributed by atoms with van der Waals surface area (Å²) in [5.41, 5.74) is -0.133. The Morgan fingerprint density at radius 1 is 1.32 bits per heavy atom. The normalized spacial score (nSPS) is 14.2. The van der Waals surface area contributed by atoms with Gasteiger partial charge in [-0.15, -0.1) is 5.10 Å². The van der Waals surface area contributed by atoms with E-state index in [1.54, 1.807) is 6.07 Å². The molecular weight excluding hydrogens is 338 g/mol. The van der Waals surface area contributed by atoms with E-state index in [-0.39, 0.29) is 12.6 Å². The van der Waals surface area contributed by atoms with Crippen molar-refractivity contribution in [3.63, 3.8) is 0 Å². The maximum atomic E-state index is 13.8. The van der Waals surface area contributed by atoms with Gasteiger partial charge in [0, 0.05) is 12.6 Å². The summed E-state index contributed by atoms with van der Waals surface area (Å²) in [6.45, 7) is 1.93. The number of hydrogen-bond donors (Lipinski definition) is 1. The Balaban J connectivity index is 1.94. The maximum absolute atomic E-state index is 13.8. The highest BCUT2D eigenvalue weighted by atomic mass is 19.3. The first-order valence-corrected chi connectivity index (χ1v) is 8.02. The second-order valence-electron chi connectivity index (χ2n) is 6.03. The fraction of sp³-hybridized carbons (Fsp3) is 0.412. The quantitative estimate of drug-likeness (QED) is 0.797. The molecule has 1 N–H and O–H groups in total. The standard InChI is InChI=1S/C17H17F4N3O/c1-2-9-3-4-11(18)7-10(9)8-24(12-5-6-12)17(25)13-14(15(19)20)22-23-16(13)21/h3-4,7,12,15H,2,5-6,8H2,1H3,(H,22,23). The Morgan fingerprint density at radius 2 is 2.04 bits per heavy atom. The lowest BCUT2D eigenvalue weighted by atomic mass is 10.0. The molecule has 0 atom stereocenters. The highest BCUT2D eigenvalue weighted by Gasteiger charge is 2.37. The minimum atomic E-state index is -3.04. The number of aromatic amines is 1. The number of aromatic nitrogens is 2. The highest BCUT2D eigenvalue weighted by molar-refractivity contribution is 5.95. The van der Waals surface area contributed by atoms with Crippen LogP contribution in [0.5, 0.6) is 0 Å². The van der Waals surface area contributed by atoms with E-state index in [4.69, 9.17) is 0 Å². The summed E-state index contributed by atoms with van der Waals surface area (Å²) in [7, 11) is 0. The van der Waals surface area contributed by atoms with Gasteiger partial charge in [0.15, 0.2) is 0 Å². The number of H-pyrrole nitrogens is 1. The number of alkyl halides is 2. The van der Waals surface area contributed by atoms with Gasteiger partial charge in [0.05, 0.1) is 0 Å². The van der Waals surface area contributed by atoms with Crippen LogP contribution in [0, 0.1) is 11.8 Å². The summed E-state index contributed by atoms with van der Waals surface area (Å²) in [6.07, 6.45) is -1.01. The van der Waals surface area contributed by atoms with E-state index in [1.807, 2.05) is 12.0 Å². The fourth-order valence-electron chi connectivity index (χ4n) is 2.86. The zero-order valence-corrected chi connectivity index (χ0v) is 13.5. The zero-order valence-electron chi connectivity index (χ0n) is 13.5. The van der Waals surface area contributed by atoms with Gasteiger partial charge in [0.1, 0.15) is 17.1 Å².